The van der Waals surface area contributed by atoms with Crippen LogP contribution in [0.3, 0.4) is 0 Å². The number of carboxylic acids is 1. The van der Waals surface area contributed by atoms with Gasteiger partial charge in [0.05, 0.1) is 6.20 Å². The van der Waals surface area contributed by atoms with E-state index in [9.17, 15) is 19.5 Å². The number of aliphatic carboxylic acids is 1. The summed E-state index contributed by atoms with van der Waals surface area (Å²) in [6.45, 7) is 0.270. The van der Waals surface area contributed by atoms with Gasteiger partial charge in [-0.25, -0.2) is 9.36 Å². The van der Waals surface area contributed by atoms with Gasteiger partial charge in [0.2, 0.25) is 11.5 Å². The number of carbonyl (C=O) groups excluding carboxylic acids is 2. The number of amides is 2. The zero-order chi connectivity index (χ0) is 24.7. The summed E-state index contributed by atoms with van der Waals surface area (Å²) in [6, 6.07) is 2.69. The Morgan fingerprint density at radius 1 is 1.46 bits per heavy atom. The number of nitrogens with two attached hydrogens (primary N) is 1. The van der Waals surface area contributed by atoms with E-state index in [4.69, 9.17) is 10.6 Å². The minimum atomic E-state index is -1.21. The highest BCUT2D eigenvalue weighted by Crippen LogP contribution is 2.40. The van der Waals surface area contributed by atoms with Crippen molar-refractivity contribution in [1.82, 2.24) is 29.2 Å². The van der Waals surface area contributed by atoms with Crippen molar-refractivity contribution in [1.29, 1.82) is 0 Å². The number of nitrogens with zero attached hydrogens (tertiary/aromatic N) is 7. The fourth-order valence-corrected chi connectivity index (χ4v) is 5.67. The van der Waals surface area contributed by atoms with E-state index in [-0.39, 0.29) is 28.9 Å². The fraction of sp³-hybridized carbons (Fsp3) is 0.263. The minimum Gasteiger partial charge on any atom is -0.477 e. The first-order chi connectivity index (χ1) is 16.9. The number of anilines is 1. The van der Waals surface area contributed by atoms with Gasteiger partial charge < -0.3 is 21.0 Å². The molecular formula is C19H18N9O5S2+. The van der Waals surface area contributed by atoms with Crippen molar-refractivity contribution in [3.8, 4) is 0 Å². The molecule has 0 saturated carbocycles. The normalized spacial score (nSPS) is 20.0. The minimum absolute atomic E-state index is 0.0357. The van der Waals surface area contributed by atoms with E-state index in [1.165, 1.54) is 23.8 Å². The average molecular weight is 517 g/mol. The van der Waals surface area contributed by atoms with Crippen LogP contribution in [0.2, 0.25) is 0 Å². The van der Waals surface area contributed by atoms with Crippen molar-refractivity contribution in [2.24, 2.45) is 5.16 Å². The summed E-state index contributed by atoms with van der Waals surface area (Å²) in [4.78, 5) is 47.8. The maximum Gasteiger partial charge on any atom is 0.352 e. The summed E-state index contributed by atoms with van der Waals surface area (Å²) in [6.07, 6.45) is 5.21. The number of nitrogen functional groups attached to an aromatic ring is 1. The van der Waals surface area contributed by atoms with E-state index in [1.807, 2.05) is 10.6 Å². The molecule has 5 rings (SSSR count). The number of oxime groups is 1. The number of fused-ring (bicyclic) bond motifs is 2. The van der Waals surface area contributed by atoms with Gasteiger partial charge in [-0.3, -0.25) is 14.5 Å². The molecule has 1 saturated heterocycles. The van der Waals surface area contributed by atoms with Crippen molar-refractivity contribution in [2.45, 2.75) is 18.0 Å². The monoisotopic (exact) mass is 516 g/mol. The Balaban J connectivity index is 1.37. The second-order valence-electron chi connectivity index (χ2n) is 7.45. The summed E-state index contributed by atoms with van der Waals surface area (Å²) in [5.74, 6) is -2.17. The first-order valence-electron chi connectivity index (χ1n) is 10.1. The van der Waals surface area contributed by atoms with Crippen LogP contribution in [0.1, 0.15) is 5.82 Å². The van der Waals surface area contributed by atoms with Gasteiger partial charge in [-0.15, -0.1) is 16.3 Å². The molecular weight excluding hydrogens is 498 g/mol. The van der Waals surface area contributed by atoms with Crippen LogP contribution in [0.5, 0.6) is 0 Å². The molecule has 5 heterocycles. The molecule has 0 spiro atoms. The lowest BCUT2D eigenvalue weighted by atomic mass is 10.0. The molecule has 4 N–H and O–H groups in total. The number of hydrogen-bond acceptors (Lipinski definition) is 11. The SMILES string of the molecule is CO/N=C(\C(=O)N[C@@H]1C(=O)N2C(C(=O)O)=C(C[n+]3ccn4ncccc43)CS[C@@H]12)c1nsc(N)n1. The molecule has 2 atom stereocenters. The zero-order valence-corrected chi connectivity index (χ0v) is 19.7. The third kappa shape index (κ3) is 3.95. The molecule has 3 aromatic heterocycles. The van der Waals surface area contributed by atoms with Crippen LogP contribution < -0.4 is 15.6 Å². The number of thioether (sulfide) groups is 1. The highest BCUT2D eigenvalue weighted by molar-refractivity contribution is 8.00. The molecule has 16 heteroatoms. The zero-order valence-electron chi connectivity index (χ0n) is 18.1. The molecule has 14 nitrogen and oxygen atoms in total. The molecule has 2 aliphatic heterocycles. The summed E-state index contributed by atoms with van der Waals surface area (Å²) in [5.41, 5.74) is 6.60. The molecule has 2 aliphatic rings. The molecule has 0 radical (unpaired) electrons. The Bertz CT molecular complexity index is 1410. The number of carboxylic acid groups (broad SMARTS) is 1. The van der Waals surface area contributed by atoms with E-state index >= 15 is 0 Å². The van der Waals surface area contributed by atoms with Crippen LogP contribution in [-0.2, 0) is 25.8 Å². The van der Waals surface area contributed by atoms with Crippen LogP contribution in [-0.4, -0.2) is 76.8 Å². The van der Waals surface area contributed by atoms with Crippen molar-refractivity contribution < 1.29 is 28.9 Å². The number of nitrogens with one attached hydrogen (secondary N) is 1. The lowest BCUT2D eigenvalue weighted by molar-refractivity contribution is -0.662. The molecule has 2 amide bonds. The van der Waals surface area contributed by atoms with Gasteiger partial charge in [-0.05, 0) is 6.07 Å². The van der Waals surface area contributed by atoms with Crippen LogP contribution >= 0.6 is 23.3 Å². The second kappa shape index (κ2) is 8.95. The van der Waals surface area contributed by atoms with Crippen molar-refractivity contribution in [3.63, 3.8) is 0 Å². The number of rotatable bonds is 7. The smallest absolute Gasteiger partial charge is 0.352 e. The highest BCUT2D eigenvalue weighted by Gasteiger charge is 2.54. The Morgan fingerprint density at radius 2 is 2.29 bits per heavy atom. The Kier molecular flexibility index (Phi) is 5.81. The van der Waals surface area contributed by atoms with Crippen molar-refractivity contribution >= 4 is 57.6 Å². The fourth-order valence-electron chi connectivity index (χ4n) is 3.90. The van der Waals surface area contributed by atoms with Gasteiger partial charge in [0.25, 0.3) is 11.8 Å². The Labute approximate surface area is 205 Å². The first kappa shape index (κ1) is 22.7. The van der Waals surface area contributed by atoms with Crippen molar-refractivity contribution in [2.75, 3.05) is 18.6 Å². The number of hydrogen-bond donors (Lipinski definition) is 3. The Hall–Kier alpha value is -4.05. The molecule has 0 aromatic carbocycles. The predicted molar refractivity (Wildman–Crippen MR) is 123 cm³/mol. The second-order valence-corrected chi connectivity index (χ2v) is 9.34. The van der Waals surface area contributed by atoms with Gasteiger partial charge in [-0.1, -0.05) is 10.3 Å². The number of imidazole rings is 1. The van der Waals surface area contributed by atoms with Crippen LogP contribution in [0.15, 0.2) is 47.1 Å². The molecule has 3 aromatic rings. The molecule has 0 unspecified atom stereocenters. The standard InChI is InChI=1S/C19H17N9O5S2/c1-33-24-11(14-23-19(20)35-25-14)15(29)22-12-16(30)28-13(18(31)32)9(8-34-17(12)28)7-26-5-6-27-10(26)3-2-4-21-27/h2-6,12,17H,7-8H2,1H3,(H3-,20,22,23,25,29,31,32)/p+1/b24-11-/t12-,17+/m1/s1. The van der Waals surface area contributed by atoms with Gasteiger partial charge >= 0.3 is 11.6 Å². The molecule has 0 bridgehead atoms. The van der Waals surface area contributed by atoms with Crippen LogP contribution in [0.25, 0.3) is 5.65 Å². The lowest BCUT2D eigenvalue weighted by Gasteiger charge is -2.49. The van der Waals surface area contributed by atoms with Crippen molar-refractivity contribution in [3.05, 3.63) is 47.8 Å². The van der Waals surface area contributed by atoms with E-state index in [0.29, 0.717) is 11.3 Å². The van der Waals surface area contributed by atoms with Gasteiger partial charge in [-0.2, -0.15) is 9.36 Å². The van der Waals surface area contributed by atoms with Gasteiger partial charge in [0.1, 0.15) is 37.0 Å². The van der Waals surface area contributed by atoms with Gasteiger partial charge in [0.15, 0.2) is 11.3 Å². The number of β-lactam (4-membered cyclic amide) rings is 1. The van der Waals surface area contributed by atoms with E-state index in [1.54, 1.807) is 29.2 Å². The topological polar surface area (TPSA) is 181 Å². The number of carbonyl (C=O) groups is 3. The average Bonchev–Trinajstić information content (AvgIpc) is 3.46. The molecule has 180 valence electrons. The predicted octanol–water partition coefficient (Wildman–Crippen LogP) is -1.16. The van der Waals surface area contributed by atoms with E-state index in [2.05, 4.69) is 24.9 Å². The highest BCUT2D eigenvalue weighted by atomic mass is 32.2. The summed E-state index contributed by atoms with van der Waals surface area (Å²) in [7, 11) is 1.25. The third-order valence-corrected chi connectivity index (χ3v) is 7.27. The largest absolute Gasteiger partial charge is 0.477 e. The third-order valence-electron chi connectivity index (χ3n) is 5.39. The quantitative estimate of drug-likeness (QED) is 0.150. The first-order valence-corrected chi connectivity index (χ1v) is 11.9. The summed E-state index contributed by atoms with van der Waals surface area (Å²) < 4.78 is 7.48. The number of aromatic nitrogens is 5. The molecule has 35 heavy (non-hydrogen) atoms. The van der Waals surface area contributed by atoms with Gasteiger partial charge in [0, 0.05) is 28.9 Å². The molecule has 1 fully saturated rings. The van der Waals surface area contributed by atoms with Crippen LogP contribution in [0, 0.1) is 0 Å². The maximum absolute atomic E-state index is 13.0. The Morgan fingerprint density at radius 3 is 3.00 bits per heavy atom. The summed E-state index contributed by atoms with van der Waals surface area (Å²) in [5, 5.41) is 19.9. The molecule has 0 aliphatic carbocycles. The summed E-state index contributed by atoms with van der Waals surface area (Å²) >= 11 is 2.24. The van der Waals surface area contributed by atoms with E-state index < -0.39 is 29.2 Å². The van der Waals surface area contributed by atoms with E-state index in [0.717, 1.165) is 17.2 Å². The lowest BCUT2D eigenvalue weighted by Crippen LogP contribution is -2.71. The maximum atomic E-state index is 13.0. The van der Waals surface area contributed by atoms with Crippen LogP contribution in [0.4, 0.5) is 5.13 Å².